The van der Waals surface area contributed by atoms with Crippen LogP contribution in [0.1, 0.15) is 56.6 Å². The van der Waals surface area contributed by atoms with Crippen LogP contribution in [0.25, 0.3) is 0 Å². The highest BCUT2D eigenvalue weighted by molar-refractivity contribution is 9.09. The fourth-order valence-corrected chi connectivity index (χ4v) is 4.44. The van der Waals surface area contributed by atoms with Crippen molar-refractivity contribution in [3.63, 3.8) is 0 Å². The Bertz CT molecular complexity index is 383. The minimum Gasteiger partial charge on any atom is -0.367 e. The molecule has 2 fully saturated rings. The van der Waals surface area contributed by atoms with Crippen LogP contribution in [0.2, 0.25) is 0 Å². The van der Waals surface area contributed by atoms with E-state index in [0.717, 1.165) is 6.42 Å². The van der Waals surface area contributed by atoms with Crippen LogP contribution in [0.3, 0.4) is 0 Å². The summed E-state index contributed by atoms with van der Waals surface area (Å²) < 4.78 is 6.54. The second kappa shape index (κ2) is 5.34. The van der Waals surface area contributed by atoms with Crippen molar-refractivity contribution in [2.45, 2.75) is 61.5 Å². The molecule has 0 bridgehead atoms. The van der Waals surface area contributed by atoms with Gasteiger partial charge in [0.2, 0.25) is 0 Å². The molecule has 2 heteroatoms. The van der Waals surface area contributed by atoms with Gasteiger partial charge in [-0.3, -0.25) is 0 Å². The van der Waals surface area contributed by atoms with E-state index in [0.29, 0.717) is 4.83 Å². The van der Waals surface area contributed by atoms with Gasteiger partial charge in [0.25, 0.3) is 0 Å². The first-order chi connectivity index (χ1) is 8.77. The summed E-state index contributed by atoms with van der Waals surface area (Å²) in [5.41, 5.74) is 1.50. The first-order valence-electron chi connectivity index (χ1n) is 7.14. The first-order valence-corrected chi connectivity index (χ1v) is 8.06. The van der Waals surface area contributed by atoms with Gasteiger partial charge in [0.05, 0.1) is 11.7 Å². The van der Waals surface area contributed by atoms with E-state index in [9.17, 15) is 0 Å². The number of ether oxygens (including phenoxy) is 1. The lowest BCUT2D eigenvalue weighted by Gasteiger charge is -2.46. The maximum Gasteiger partial charge on any atom is 0.0843 e. The Morgan fingerprint density at radius 3 is 2.50 bits per heavy atom. The molecule has 1 nitrogen and oxygen atoms in total. The average molecular weight is 309 g/mol. The fourth-order valence-electron chi connectivity index (χ4n) is 3.51. The van der Waals surface area contributed by atoms with E-state index in [-0.39, 0.29) is 11.7 Å². The summed E-state index contributed by atoms with van der Waals surface area (Å²) in [7, 11) is 0. The van der Waals surface area contributed by atoms with Crippen LogP contribution >= 0.6 is 15.9 Å². The van der Waals surface area contributed by atoms with Crippen molar-refractivity contribution in [1.82, 2.24) is 0 Å². The lowest BCUT2D eigenvalue weighted by atomic mass is 9.78. The van der Waals surface area contributed by atoms with E-state index < -0.39 is 0 Å². The molecule has 0 radical (unpaired) electrons. The van der Waals surface area contributed by atoms with Gasteiger partial charge in [0.1, 0.15) is 0 Å². The fraction of sp³-hybridized carbons (Fsp3) is 0.625. The molecule has 1 heterocycles. The van der Waals surface area contributed by atoms with Gasteiger partial charge in [-0.1, -0.05) is 65.5 Å². The van der Waals surface area contributed by atoms with Crippen molar-refractivity contribution in [3.8, 4) is 0 Å². The summed E-state index contributed by atoms with van der Waals surface area (Å²) in [5.74, 6) is 0. The summed E-state index contributed by atoms with van der Waals surface area (Å²) in [6.07, 6.45) is 9.12. The number of hydrogen-bond donors (Lipinski definition) is 0. The quantitative estimate of drug-likeness (QED) is 0.663. The van der Waals surface area contributed by atoms with E-state index in [1.54, 1.807) is 0 Å². The highest BCUT2D eigenvalue weighted by Crippen LogP contribution is 2.46. The Morgan fingerprint density at radius 1 is 1.06 bits per heavy atom. The van der Waals surface area contributed by atoms with Crippen molar-refractivity contribution in [1.29, 1.82) is 0 Å². The molecule has 1 spiro atoms. The minimum absolute atomic E-state index is 0.158. The Balaban J connectivity index is 1.80. The Hall–Kier alpha value is -0.340. The molecule has 98 valence electrons. The molecule has 1 saturated heterocycles. The Kier molecular flexibility index (Phi) is 3.76. The Labute approximate surface area is 118 Å². The van der Waals surface area contributed by atoms with Gasteiger partial charge in [0, 0.05) is 4.83 Å². The zero-order chi connectivity index (χ0) is 12.4. The summed E-state index contributed by atoms with van der Waals surface area (Å²) in [4.78, 5) is 0.606. The van der Waals surface area contributed by atoms with Gasteiger partial charge in [-0.2, -0.15) is 0 Å². The predicted octanol–water partition coefficient (Wildman–Crippen LogP) is 5.00. The molecule has 1 saturated carbocycles. The van der Waals surface area contributed by atoms with Crippen LogP contribution in [-0.4, -0.2) is 10.4 Å². The van der Waals surface area contributed by atoms with Gasteiger partial charge in [-0.05, 0) is 31.2 Å². The van der Waals surface area contributed by atoms with Gasteiger partial charge < -0.3 is 4.74 Å². The predicted molar refractivity (Wildman–Crippen MR) is 78.0 cm³/mol. The van der Waals surface area contributed by atoms with Crippen molar-refractivity contribution >= 4 is 15.9 Å². The molecule has 1 aromatic carbocycles. The Morgan fingerprint density at radius 2 is 1.78 bits per heavy atom. The van der Waals surface area contributed by atoms with Crippen LogP contribution < -0.4 is 0 Å². The molecule has 0 aromatic heterocycles. The summed E-state index contributed by atoms with van der Waals surface area (Å²) in [6.45, 7) is 0. The van der Waals surface area contributed by atoms with Gasteiger partial charge >= 0.3 is 0 Å². The number of halogens is 1. The second-order valence-electron chi connectivity index (χ2n) is 5.80. The maximum atomic E-state index is 6.54. The molecule has 0 amide bonds. The van der Waals surface area contributed by atoms with E-state index in [1.165, 1.54) is 44.1 Å². The second-order valence-corrected chi connectivity index (χ2v) is 7.09. The molecule has 2 aliphatic rings. The number of hydrogen-bond acceptors (Lipinski definition) is 1. The van der Waals surface area contributed by atoms with E-state index in [1.807, 2.05) is 0 Å². The van der Waals surface area contributed by atoms with Crippen molar-refractivity contribution in [3.05, 3.63) is 35.9 Å². The van der Waals surface area contributed by atoms with Crippen LogP contribution in [0.4, 0.5) is 0 Å². The zero-order valence-electron chi connectivity index (χ0n) is 10.8. The van der Waals surface area contributed by atoms with Crippen LogP contribution in [0, 0.1) is 0 Å². The third-order valence-corrected chi connectivity index (χ3v) is 5.09. The van der Waals surface area contributed by atoms with Crippen LogP contribution in [0.15, 0.2) is 30.3 Å². The number of rotatable bonds is 1. The molecule has 3 rings (SSSR count). The molecule has 0 unspecified atom stereocenters. The minimum atomic E-state index is 0.158. The first kappa shape index (κ1) is 12.7. The lowest BCUT2D eigenvalue weighted by Crippen LogP contribution is -2.43. The van der Waals surface area contributed by atoms with Crippen LogP contribution in [0.5, 0.6) is 0 Å². The van der Waals surface area contributed by atoms with E-state index in [2.05, 4.69) is 46.3 Å². The van der Waals surface area contributed by atoms with E-state index in [4.69, 9.17) is 4.74 Å². The smallest absolute Gasteiger partial charge is 0.0843 e. The largest absolute Gasteiger partial charge is 0.367 e. The highest BCUT2D eigenvalue weighted by atomic mass is 79.9. The number of benzene rings is 1. The summed E-state index contributed by atoms with van der Waals surface area (Å²) in [6, 6.07) is 10.7. The number of alkyl halides is 1. The molecule has 1 aliphatic heterocycles. The molecule has 1 aromatic rings. The molecular formula is C16H21BrO. The third-order valence-electron chi connectivity index (χ3n) is 4.39. The van der Waals surface area contributed by atoms with Gasteiger partial charge in [-0.15, -0.1) is 0 Å². The topological polar surface area (TPSA) is 9.23 Å². The summed E-state index contributed by atoms with van der Waals surface area (Å²) >= 11 is 3.86. The van der Waals surface area contributed by atoms with E-state index >= 15 is 0 Å². The average Bonchev–Trinajstić information content (AvgIpc) is 2.40. The van der Waals surface area contributed by atoms with Crippen molar-refractivity contribution in [2.75, 3.05) is 0 Å². The highest BCUT2D eigenvalue weighted by Gasteiger charge is 2.41. The molecule has 2 atom stereocenters. The third kappa shape index (κ3) is 2.65. The molecular weight excluding hydrogens is 288 g/mol. The van der Waals surface area contributed by atoms with Crippen LogP contribution in [-0.2, 0) is 4.74 Å². The van der Waals surface area contributed by atoms with Crippen molar-refractivity contribution in [2.24, 2.45) is 0 Å². The monoisotopic (exact) mass is 308 g/mol. The zero-order valence-corrected chi connectivity index (χ0v) is 12.4. The molecule has 1 aliphatic carbocycles. The molecule has 18 heavy (non-hydrogen) atoms. The lowest BCUT2D eigenvalue weighted by molar-refractivity contribution is -0.145. The van der Waals surface area contributed by atoms with Gasteiger partial charge in [-0.25, -0.2) is 0 Å². The SMILES string of the molecule is Br[C@H]1C[C@@H](c2ccccc2)OC2(CCCCC2)C1. The maximum absolute atomic E-state index is 6.54. The summed E-state index contributed by atoms with van der Waals surface area (Å²) in [5, 5.41) is 0. The normalized spacial score (nSPS) is 31.4. The standard InChI is InChI=1S/C16H21BrO/c17-14-11-15(13-7-3-1-4-8-13)18-16(12-14)9-5-2-6-10-16/h1,3-4,7-8,14-15H,2,5-6,9-12H2/t14-,15-/m0/s1. The molecule has 0 N–H and O–H groups in total. The van der Waals surface area contributed by atoms with Crippen molar-refractivity contribution < 1.29 is 4.74 Å². The van der Waals surface area contributed by atoms with Gasteiger partial charge in [0.15, 0.2) is 0 Å².